The molecule has 0 amide bonds. The van der Waals surface area contributed by atoms with Crippen molar-refractivity contribution >= 4 is 43.2 Å². The van der Waals surface area contributed by atoms with Crippen molar-refractivity contribution < 1.29 is 0 Å². The van der Waals surface area contributed by atoms with Crippen LogP contribution in [0.25, 0.3) is 0 Å². The van der Waals surface area contributed by atoms with Gasteiger partial charge in [-0.3, -0.25) is 0 Å². The van der Waals surface area contributed by atoms with Gasteiger partial charge in [-0.05, 0) is 51.9 Å². The summed E-state index contributed by atoms with van der Waals surface area (Å²) in [5.74, 6) is 1.12. The fourth-order valence-corrected chi connectivity index (χ4v) is 4.08. The first-order valence-electron chi connectivity index (χ1n) is 5.77. The fraction of sp³-hybridized carbons (Fsp3) is 0.417. The molecule has 0 radical (unpaired) electrons. The van der Waals surface area contributed by atoms with E-state index < -0.39 is 0 Å². The van der Waals surface area contributed by atoms with Crippen LogP contribution in [0.1, 0.15) is 23.7 Å². The van der Waals surface area contributed by atoms with Gasteiger partial charge in [0.15, 0.2) is 0 Å². The van der Waals surface area contributed by atoms with Gasteiger partial charge in [-0.1, -0.05) is 0 Å². The van der Waals surface area contributed by atoms with Crippen molar-refractivity contribution in [1.29, 1.82) is 0 Å². The van der Waals surface area contributed by atoms with Crippen LogP contribution >= 0.6 is 43.2 Å². The number of hydrogen-bond acceptors (Lipinski definition) is 3. The molecular formula is C12H15Br2N3S. The van der Waals surface area contributed by atoms with Crippen LogP contribution in [0.2, 0.25) is 0 Å². The fourth-order valence-electron chi connectivity index (χ4n) is 1.88. The van der Waals surface area contributed by atoms with Gasteiger partial charge in [0.05, 0.1) is 3.79 Å². The maximum Gasteiger partial charge on any atom is 0.110 e. The van der Waals surface area contributed by atoms with Gasteiger partial charge in [0, 0.05) is 40.8 Å². The van der Waals surface area contributed by atoms with Crippen LogP contribution in [0.3, 0.4) is 0 Å². The molecule has 0 saturated heterocycles. The van der Waals surface area contributed by atoms with E-state index in [9.17, 15) is 0 Å². The Balaban J connectivity index is 2.19. The van der Waals surface area contributed by atoms with Gasteiger partial charge < -0.3 is 9.88 Å². The molecule has 98 valence electrons. The number of hydrogen-bond donors (Lipinski definition) is 1. The van der Waals surface area contributed by atoms with E-state index >= 15 is 0 Å². The van der Waals surface area contributed by atoms with Gasteiger partial charge >= 0.3 is 0 Å². The molecule has 0 spiro atoms. The van der Waals surface area contributed by atoms with Crippen molar-refractivity contribution in [3.8, 4) is 0 Å². The predicted octanol–water partition coefficient (Wildman–Crippen LogP) is 3.99. The summed E-state index contributed by atoms with van der Waals surface area (Å²) in [7, 11) is 1.99. The third kappa shape index (κ3) is 3.04. The zero-order valence-electron chi connectivity index (χ0n) is 10.3. The molecule has 0 fully saturated rings. The number of rotatable bonds is 5. The summed E-state index contributed by atoms with van der Waals surface area (Å²) in [5, 5.41) is 3.36. The summed E-state index contributed by atoms with van der Waals surface area (Å²) in [6.07, 6.45) is 4.80. The lowest BCUT2D eigenvalue weighted by Crippen LogP contribution is -2.19. The van der Waals surface area contributed by atoms with E-state index in [1.807, 2.05) is 19.4 Å². The van der Waals surface area contributed by atoms with Crippen molar-refractivity contribution in [2.45, 2.75) is 25.9 Å². The minimum atomic E-state index is 0.297. The average Bonchev–Trinajstić information content (AvgIpc) is 2.93. The molecule has 0 aliphatic carbocycles. The summed E-state index contributed by atoms with van der Waals surface area (Å²) >= 11 is 8.83. The molecule has 2 rings (SSSR count). The zero-order chi connectivity index (χ0) is 13.1. The summed E-state index contributed by atoms with van der Waals surface area (Å²) in [4.78, 5) is 5.74. The van der Waals surface area contributed by atoms with Crippen LogP contribution in [0.4, 0.5) is 0 Å². The number of aromatic nitrogens is 2. The molecule has 2 heterocycles. The summed E-state index contributed by atoms with van der Waals surface area (Å²) in [6, 6.07) is 2.46. The zero-order valence-corrected chi connectivity index (χ0v) is 14.3. The van der Waals surface area contributed by atoms with Gasteiger partial charge in [0.1, 0.15) is 5.82 Å². The molecule has 0 aromatic carbocycles. The van der Waals surface area contributed by atoms with Crippen molar-refractivity contribution in [1.82, 2.24) is 14.9 Å². The minimum Gasteiger partial charge on any atom is -0.335 e. The molecule has 18 heavy (non-hydrogen) atoms. The highest BCUT2D eigenvalue weighted by atomic mass is 79.9. The predicted molar refractivity (Wildman–Crippen MR) is 83.1 cm³/mol. The van der Waals surface area contributed by atoms with Gasteiger partial charge in [0.2, 0.25) is 0 Å². The molecule has 0 aliphatic heterocycles. The summed E-state index contributed by atoms with van der Waals surface area (Å²) < 4.78 is 4.43. The highest BCUT2D eigenvalue weighted by molar-refractivity contribution is 9.13. The molecule has 3 nitrogen and oxygen atoms in total. The second-order valence-corrected chi connectivity index (χ2v) is 7.20. The number of aryl methyl sites for hydroxylation is 1. The van der Waals surface area contributed by atoms with Crippen LogP contribution in [-0.4, -0.2) is 16.6 Å². The number of nitrogens with zero attached hydrogens (tertiary/aromatic N) is 2. The Kier molecular flexibility index (Phi) is 5.00. The van der Waals surface area contributed by atoms with E-state index in [0.29, 0.717) is 6.04 Å². The Hall–Kier alpha value is -0.170. The number of halogens is 2. The van der Waals surface area contributed by atoms with Crippen molar-refractivity contribution in [2.24, 2.45) is 0 Å². The van der Waals surface area contributed by atoms with Crippen molar-refractivity contribution in [3.05, 3.63) is 37.4 Å². The van der Waals surface area contributed by atoms with Crippen molar-refractivity contribution in [2.75, 3.05) is 7.05 Å². The standard InChI is InChI=1S/C12H15Br2N3S/c1-3-17-5-4-16-11(17)7-9(15-2)10-6-8(13)12(14)18-10/h4-6,9,15H,3,7H2,1-2H3. The first-order valence-corrected chi connectivity index (χ1v) is 8.18. The van der Waals surface area contributed by atoms with E-state index in [1.54, 1.807) is 11.3 Å². The molecule has 0 bridgehead atoms. The largest absolute Gasteiger partial charge is 0.335 e. The SMILES string of the molecule is CCn1ccnc1CC(NC)c1cc(Br)c(Br)s1. The third-order valence-corrected chi connectivity index (χ3v) is 6.26. The first-order chi connectivity index (χ1) is 8.65. The van der Waals surface area contributed by atoms with Crippen LogP contribution in [0.15, 0.2) is 26.7 Å². The maximum atomic E-state index is 4.43. The number of nitrogens with one attached hydrogen (secondary N) is 1. The Morgan fingerprint density at radius 2 is 2.28 bits per heavy atom. The maximum absolute atomic E-state index is 4.43. The number of likely N-dealkylation sites (N-methyl/N-ethyl adjacent to an activating group) is 1. The minimum absolute atomic E-state index is 0.297. The molecule has 1 unspecified atom stereocenters. The van der Waals surface area contributed by atoms with Gasteiger partial charge in [-0.2, -0.15) is 0 Å². The summed E-state index contributed by atoms with van der Waals surface area (Å²) in [6.45, 7) is 3.10. The third-order valence-electron chi connectivity index (χ3n) is 2.89. The lowest BCUT2D eigenvalue weighted by molar-refractivity contribution is 0.560. The Bertz CT molecular complexity index is 502. The second kappa shape index (κ2) is 6.32. The molecule has 1 N–H and O–H groups in total. The second-order valence-electron chi connectivity index (χ2n) is 3.95. The summed E-state index contributed by atoms with van der Waals surface area (Å²) in [5.41, 5.74) is 0. The van der Waals surface area contributed by atoms with Crippen LogP contribution in [0.5, 0.6) is 0 Å². The molecule has 1 atom stereocenters. The Morgan fingerprint density at radius 3 is 2.83 bits per heavy atom. The normalized spacial score (nSPS) is 12.9. The molecule has 2 aromatic heterocycles. The molecule has 0 aliphatic rings. The average molecular weight is 393 g/mol. The van der Waals surface area contributed by atoms with Crippen LogP contribution < -0.4 is 5.32 Å². The molecule has 0 saturated carbocycles. The highest BCUT2D eigenvalue weighted by Gasteiger charge is 2.16. The van der Waals surface area contributed by atoms with E-state index in [4.69, 9.17) is 0 Å². The van der Waals surface area contributed by atoms with Gasteiger partial charge in [-0.15, -0.1) is 11.3 Å². The smallest absolute Gasteiger partial charge is 0.110 e. The lowest BCUT2D eigenvalue weighted by Gasteiger charge is -2.14. The number of imidazole rings is 1. The topological polar surface area (TPSA) is 29.9 Å². The Morgan fingerprint density at radius 1 is 1.50 bits per heavy atom. The monoisotopic (exact) mass is 391 g/mol. The van der Waals surface area contributed by atoms with E-state index in [0.717, 1.165) is 27.0 Å². The van der Waals surface area contributed by atoms with E-state index in [1.165, 1.54) is 4.88 Å². The molecule has 2 aromatic rings. The van der Waals surface area contributed by atoms with Gasteiger partial charge in [-0.25, -0.2) is 4.98 Å². The van der Waals surface area contributed by atoms with Gasteiger partial charge in [0.25, 0.3) is 0 Å². The van der Waals surface area contributed by atoms with Crippen LogP contribution in [0, 0.1) is 0 Å². The van der Waals surface area contributed by atoms with E-state index in [-0.39, 0.29) is 0 Å². The molecular weight excluding hydrogens is 378 g/mol. The van der Waals surface area contributed by atoms with Crippen molar-refractivity contribution in [3.63, 3.8) is 0 Å². The van der Waals surface area contributed by atoms with E-state index in [2.05, 4.69) is 59.7 Å². The van der Waals surface area contributed by atoms with Crippen LogP contribution in [-0.2, 0) is 13.0 Å². The first kappa shape index (κ1) is 14.2. The lowest BCUT2D eigenvalue weighted by atomic mass is 10.1. The Labute approximate surface area is 128 Å². The number of thiophene rings is 1. The highest BCUT2D eigenvalue weighted by Crippen LogP contribution is 2.36. The molecule has 6 heteroatoms. The quantitative estimate of drug-likeness (QED) is 0.833.